The summed E-state index contributed by atoms with van der Waals surface area (Å²) in [4.78, 5) is 26.1. The van der Waals surface area contributed by atoms with Gasteiger partial charge in [-0.1, -0.05) is 56.2 Å². The number of aliphatic carboxylic acids is 1. The molecular formula is C27H25FNNa2O5P. The Morgan fingerprint density at radius 1 is 1.14 bits per heavy atom. The first kappa shape index (κ1) is 31.9. The number of pyridine rings is 1. The van der Waals surface area contributed by atoms with Crippen LogP contribution >= 0.6 is 7.37 Å². The molecule has 2 radical (unpaired) electrons. The Kier molecular flexibility index (Phi) is 11.4. The number of aliphatic hydroxyl groups is 1. The Labute approximate surface area is 259 Å². The number of aromatic nitrogens is 1. The van der Waals surface area contributed by atoms with Crippen LogP contribution in [0.5, 0.6) is 0 Å². The van der Waals surface area contributed by atoms with E-state index in [4.69, 9.17) is 10.1 Å². The fourth-order valence-electron chi connectivity index (χ4n) is 4.35. The third kappa shape index (κ3) is 7.42. The second kappa shape index (κ2) is 13.2. The average Bonchev–Trinajstić information content (AvgIpc) is 3.14. The molecule has 0 saturated carbocycles. The predicted octanol–water partition coefficient (Wildman–Crippen LogP) is 4.24. The number of halogens is 1. The Bertz CT molecular complexity index is 1420. The van der Waals surface area contributed by atoms with E-state index in [9.17, 15) is 23.7 Å². The summed E-state index contributed by atoms with van der Waals surface area (Å²) in [5.74, 6) is 1.12. The molecule has 0 spiro atoms. The first-order valence-corrected chi connectivity index (χ1v) is 13.1. The van der Waals surface area contributed by atoms with Crippen LogP contribution in [0.3, 0.4) is 0 Å². The smallest absolute Gasteiger partial charge is 0.305 e. The molecule has 0 bridgehead atoms. The molecular weight excluding hydrogens is 514 g/mol. The molecule has 3 aromatic rings. The van der Waals surface area contributed by atoms with Gasteiger partial charge in [-0.05, 0) is 40.4 Å². The van der Waals surface area contributed by atoms with Crippen molar-refractivity contribution in [2.45, 2.75) is 38.7 Å². The second-order valence-electron chi connectivity index (χ2n) is 8.94. The number of rotatable bonds is 6. The van der Waals surface area contributed by atoms with Gasteiger partial charge in [0.1, 0.15) is 5.82 Å². The Morgan fingerprint density at radius 2 is 1.78 bits per heavy atom. The average molecular weight is 539 g/mol. The van der Waals surface area contributed by atoms with E-state index in [1.807, 2.05) is 38.1 Å². The minimum atomic E-state index is -4.18. The molecule has 0 fully saturated rings. The maximum Gasteiger partial charge on any atom is 0.305 e. The predicted molar refractivity (Wildman–Crippen MR) is 143 cm³/mol. The van der Waals surface area contributed by atoms with Crippen LogP contribution in [-0.2, 0) is 15.8 Å². The number of benzene rings is 2. The van der Waals surface area contributed by atoms with Gasteiger partial charge in [0, 0.05) is 76.7 Å². The van der Waals surface area contributed by atoms with Crippen molar-refractivity contribution in [2.24, 2.45) is 0 Å². The van der Waals surface area contributed by atoms with Crippen LogP contribution in [0.15, 0.2) is 48.5 Å². The summed E-state index contributed by atoms with van der Waals surface area (Å²) in [7, 11) is -4.18. The zero-order valence-corrected chi connectivity index (χ0v) is 26.2. The summed E-state index contributed by atoms with van der Waals surface area (Å²) in [5, 5.41) is 18.7. The van der Waals surface area contributed by atoms with Crippen LogP contribution in [0.4, 0.5) is 4.39 Å². The van der Waals surface area contributed by atoms with Crippen molar-refractivity contribution in [3.05, 3.63) is 76.7 Å². The zero-order chi connectivity index (χ0) is 25.3. The third-order valence-corrected chi connectivity index (χ3v) is 7.25. The third-order valence-electron chi connectivity index (χ3n) is 5.87. The fraction of sp³-hybridized carbons (Fsp3) is 0.259. The number of hydrogen-bond donors (Lipinski definition) is 3. The van der Waals surface area contributed by atoms with Gasteiger partial charge in [-0.3, -0.25) is 14.3 Å². The van der Waals surface area contributed by atoms with E-state index >= 15 is 0 Å². The number of nitrogens with zero attached hydrogens (tertiary/aromatic N) is 1. The number of carboxylic acid groups (broad SMARTS) is 1. The number of hydrogen-bond acceptors (Lipinski definition) is 4. The first-order valence-electron chi connectivity index (χ1n) is 11.2. The molecule has 182 valence electrons. The number of carboxylic acids is 1. The normalized spacial score (nSPS) is 13.7. The van der Waals surface area contributed by atoms with Crippen LogP contribution in [0.2, 0.25) is 0 Å². The molecule has 37 heavy (non-hydrogen) atoms. The summed E-state index contributed by atoms with van der Waals surface area (Å²) >= 11 is 0. The molecule has 1 aliphatic carbocycles. The van der Waals surface area contributed by atoms with Crippen molar-refractivity contribution < 1.29 is 28.9 Å². The maximum absolute atomic E-state index is 13.7. The molecule has 3 N–H and O–H groups in total. The van der Waals surface area contributed by atoms with Gasteiger partial charge in [0.15, 0.2) is 0 Å². The summed E-state index contributed by atoms with van der Waals surface area (Å²) in [5.41, 5.74) is 8.79. The zero-order valence-electron chi connectivity index (χ0n) is 21.3. The topological polar surface area (TPSA) is 108 Å². The van der Waals surface area contributed by atoms with Gasteiger partial charge < -0.3 is 15.1 Å². The quantitative estimate of drug-likeness (QED) is 0.192. The van der Waals surface area contributed by atoms with Crippen LogP contribution < -0.4 is 0 Å². The van der Waals surface area contributed by atoms with Crippen molar-refractivity contribution in [2.75, 3.05) is 6.16 Å². The van der Waals surface area contributed by atoms with E-state index in [0.717, 1.165) is 27.9 Å². The van der Waals surface area contributed by atoms with Gasteiger partial charge >= 0.3 is 5.97 Å². The minimum absolute atomic E-state index is 0. The van der Waals surface area contributed by atoms with E-state index in [2.05, 4.69) is 11.6 Å². The molecule has 4 rings (SSSR count). The minimum Gasteiger partial charge on any atom is -0.481 e. The summed E-state index contributed by atoms with van der Waals surface area (Å²) in [6.07, 6.45) is -2.21. The van der Waals surface area contributed by atoms with E-state index in [-0.39, 0.29) is 70.8 Å². The SMILES string of the molecule is CC(C)c1nc2c(c(-c3ccc(F)cc3)c1C#CP(=O)(O)C[C@@H](O)CC(=O)O)Cc1ccccc1-2.[Na].[Na]. The van der Waals surface area contributed by atoms with Crippen LogP contribution in [0.1, 0.15) is 48.6 Å². The Hall–Kier alpha value is -1.30. The maximum atomic E-state index is 13.7. The van der Waals surface area contributed by atoms with E-state index in [0.29, 0.717) is 23.2 Å². The van der Waals surface area contributed by atoms with Gasteiger partial charge in [0.25, 0.3) is 7.37 Å². The van der Waals surface area contributed by atoms with Gasteiger partial charge in [0.2, 0.25) is 0 Å². The first-order chi connectivity index (χ1) is 16.6. The molecule has 0 aliphatic heterocycles. The van der Waals surface area contributed by atoms with Gasteiger partial charge in [-0.2, -0.15) is 0 Å². The van der Waals surface area contributed by atoms with Gasteiger partial charge in [-0.15, -0.1) is 0 Å². The summed E-state index contributed by atoms with van der Waals surface area (Å²) in [6.45, 7) is 3.90. The monoisotopic (exact) mass is 539 g/mol. The van der Waals surface area contributed by atoms with Crippen molar-refractivity contribution in [1.82, 2.24) is 4.98 Å². The molecule has 6 nitrogen and oxygen atoms in total. The molecule has 2 atom stereocenters. The molecule has 1 heterocycles. The molecule has 1 aromatic heterocycles. The molecule has 2 aromatic carbocycles. The molecule has 0 saturated heterocycles. The second-order valence-corrected chi connectivity index (χ2v) is 10.9. The van der Waals surface area contributed by atoms with Crippen LogP contribution in [0, 0.1) is 17.4 Å². The van der Waals surface area contributed by atoms with Crippen molar-refractivity contribution in [1.29, 1.82) is 0 Å². The van der Waals surface area contributed by atoms with Gasteiger partial charge in [0.05, 0.1) is 35.6 Å². The van der Waals surface area contributed by atoms with Gasteiger partial charge in [-0.25, -0.2) is 4.39 Å². The van der Waals surface area contributed by atoms with E-state index in [1.54, 1.807) is 12.1 Å². The van der Waals surface area contributed by atoms with E-state index < -0.39 is 32.0 Å². The number of carbonyl (C=O) groups is 1. The summed E-state index contributed by atoms with van der Waals surface area (Å²) in [6, 6.07) is 13.9. The van der Waals surface area contributed by atoms with E-state index in [1.165, 1.54) is 12.1 Å². The Balaban J connectivity index is 0.00000241. The summed E-state index contributed by atoms with van der Waals surface area (Å²) < 4.78 is 26.5. The molecule has 0 amide bonds. The van der Waals surface area contributed by atoms with Crippen LogP contribution in [-0.4, -0.2) is 97.4 Å². The number of aliphatic hydroxyl groups excluding tert-OH is 1. The largest absolute Gasteiger partial charge is 0.481 e. The fourth-order valence-corrected chi connectivity index (χ4v) is 5.43. The molecule has 1 aliphatic rings. The van der Waals surface area contributed by atoms with Crippen molar-refractivity contribution in [3.63, 3.8) is 0 Å². The number of fused-ring (bicyclic) bond motifs is 3. The van der Waals surface area contributed by atoms with Crippen molar-refractivity contribution in [3.8, 4) is 34.0 Å². The van der Waals surface area contributed by atoms with Crippen molar-refractivity contribution >= 4 is 72.5 Å². The molecule has 1 unspecified atom stereocenters. The van der Waals surface area contributed by atoms with Crippen LogP contribution in [0.25, 0.3) is 22.4 Å². The molecule has 10 heteroatoms. The Morgan fingerprint density at radius 3 is 2.41 bits per heavy atom. The standard InChI is InChI=1S/C27H25FNO5P.2Na/c1-16(2)26-22(11-12-35(33,34)15-20(30)14-24(31)32)25(17-7-9-19(28)10-8-17)23-13-18-5-3-4-6-21(18)27(23)29-26;;/h3-10,16,20,30H,13-15H2,1-2H3,(H,31,32)(H,33,34);;/t20-;;/m0../s1.